The lowest BCUT2D eigenvalue weighted by Gasteiger charge is -2.15. The Hall–Kier alpha value is -0.890. The average Bonchev–Trinajstić information content (AvgIpc) is 2.16. The van der Waals surface area contributed by atoms with Crippen molar-refractivity contribution in [3.8, 4) is 0 Å². The first-order chi connectivity index (χ1) is 6.56. The van der Waals surface area contributed by atoms with Gasteiger partial charge in [0.15, 0.2) is 0 Å². The molecule has 0 atom stereocenters. The molecule has 0 bridgehead atoms. The molecule has 78 valence electrons. The predicted octanol–water partition coefficient (Wildman–Crippen LogP) is 2.79. The minimum atomic E-state index is 0.471. The summed E-state index contributed by atoms with van der Waals surface area (Å²) in [6, 6.07) is 4.19. The Kier molecular flexibility index (Phi) is 3.64. The molecule has 2 heteroatoms. The van der Waals surface area contributed by atoms with Crippen LogP contribution in [0.2, 0.25) is 0 Å². The van der Waals surface area contributed by atoms with Gasteiger partial charge in [-0.25, -0.2) is 0 Å². The maximum atomic E-state index is 5.58. The van der Waals surface area contributed by atoms with Crippen molar-refractivity contribution in [1.29, 1.82) is 0 Å². The van der Waals surface area contributed by atoms with Crippen molar-refractivity contribution < 1.29 is 0 Å². The number of nitrogens with two attached hydrogens (primary N) is 1. The number of hydrogen-bond acceptors (Lipinski definition) is 2. The van der Waals surface area contributed by atoms with Crippen LogP contribution in [-0.2, 0) is 6.54 Å². The first-order valence-electron chi connectivity index (χ1n) is 5.26. The van der Waals surface area contributed by atoms with E-state index in [9.17, 15) is 0 Å². The van der Waals surface area contributed by atoms with Crippen molar-refractivity contribution in [2.75, 3.05) is 0 Å². The van der Waals surface area contributed by atoms with Gasteiger partial charge in [0, 0.05) is 12.2 Å². The molecule has 1 heterocycles. The van der Waals surface area contributed by atoms with Crippen LogP contribution in [0, 0.1) is 0 Å². The molecular formula is C12H20N2. The van der Waals surface area contributed by atoms with Gasteiger partial charge >= 0.3 is 0 Å². The molecule has 1 aromatic heterocycles. The Bertz CT molecular complexity index is 303. The normalized spacial score (nSPS) is 11.4. The maximum absolute atomic E-state index is 5.58. The van der Waals surface area contributed by atoms with Crippen molar-refractivity contribution in [3.05, 3.63) is 29.1 Å². The molecule has 0 saturated heterocycles. The molecule has 0 fully saturated rings. The van der Waals surface area contributed by atoms with Crippen LogP contribution in [0.5, 0.6) is 0 Å². The van der Waals surface area contributed by atoms with Crippen LogP contribution in [0.3, 0.4) is 0 Å². The zero-order valence-electron chi connectivity index (χ0n) is 9.54. The van der Waals surface area contributed by atoms with E-state index in [0.717, 1.165) is 5.69 Å². The predicted molar refractivity (Wildman–Crippen MR) is 60.3 cm³/mol. The maximum Gasteiger partial charge on any atom is 0.0543 e. The van der Waals surface area contributed by atoms with E-state index in [4.69, 9.17) is 5.73 Å². The Labute approximate surface area is 86.5 Å². The van der Waals surface area contributed by atoms with Gasteiger partial charge in [-0.15, -0.1) is 0 Å². The van der Waals surface area contributed by atoms with Crippen LogP contribution in [-0.4, -0.2) is 4.98 Å². The lowest BCUT2D eigenvalue weighted by Crippen LogP contribution is -2.07. The zero-order valence-corrected chi connectivity index (χ0v) is 9.54. The Morgan fingerprint density at radius 2 is 1.79 bits per heavy atom. The highest BCUT2D eigenvalue weighted by Crippen LogP contribution is 2.24. The number of nitrogens with zero attached hydrogens (tertiary/aromatic N) is 1. The minimum Gasteiger partial charge on any atom is -0.325 e. The van der Waals surface area contributed by atoms with Crippen molar-refractivity contribution >= 4 is 0 Å². The fraction of sp³-hybridized carbons (Fsp3) is 0.583. The SMILES string of the molecule is CC(C)c1ccc(CN)nc1C(C)C. The third kappa shape index (κ3) is 2.32. The van der Waals surface area contributed by atoms with E-state index in [0.29, 0.717) is 18.4 Å². The quantitative estimate of drug-likeness (QED) is 0.799. The van der Waals surface area contributed by atoms with E-state index >= 15 is 0 Å². The first kappa shape index (κ1) is 11.2. The van der Waals surface area contributed by atoms with Crippen molar-refractivity contribution in [1.82, 2.24) is 4.98 Å². The van der Waals surface area contributed by atoms with Crippen LogP contribution in [0.4, 0.5) is 0 Å². The van der Waals surface area contributed by atoms with E-state index in [1.165, 1.54) is 11.3 Å². The van der Waals surface area contributed by atoms with Crippen LogP contribution >= 0.6 is 0 Å². The Balaban J connectivity index is 3.17. The lowest BCUT2D eigenvalue weighted by atomic mass is 9.95. The summed E-state index contributed by atoms with van der Waals surface area (Å²) in [5, 5.41) is 0. The minimum absolute atomic E-state index is 0.471. The molecule has 0 spiro atoms. The summed E-state index contributed by atoms with van der Waals surface area (Å²) in [6.07, 6.45) is 0. The molecule has 0 unspecified atom stereocenters. The second kappa shape index (κ2) is 4.56. The lowest BCUT2D eigenvalue weighted by molar-refractivity contribution is 0.745. The first-order valence-corrected chi connectivity index (χ1v) is 5.26. The molecule has 0 saturated carbocycles. The number of pyridine rings is 1. The molecule has 0 aromatic carbocycles. The van der Waals surface area contributed by atoms with E-state index in [1.807, 2.05) is 6.07 Å². The highest BCUT2D eigenvalue weighted by atomic mass is 14.8. The van der Waals surface area contributed by atoms with Gasteiger partial charge in [-0.2, -0.15) is 0 Å². The summed E-state index contributed by atoms with van der Waals surface area (Å²) in [7, 11) is 0. The number of rotatable bonds is 3. The van der Waals surface area contributed by atoms with E-state index in [2.05, 4.69) is 38.7 Å². The van der Waals surface area contributed by atoms with Gasteiger partial charge < -0.3 is 5.73 Å². The molecule has 0 aliphatic rings. The largest absolute Gasteiger partial charge is 0.325 e. The average molecular weight is 192 g/mol. The summed E-state index contributed by atoms with van der Waals surface area (Å²) in [5.74, 6) is 1.01. The second-order valence-corrected chi connectivity index (χ2v) is 4.29. The summed E-state index contributed by atoms with van der Waals surface area (Å²) in [6.45, 7) is 9.27. The van der Waals surface area contributed by atoms with Crippen LogP contribution in [0.25, 0.3) is 0 Å². The molecule has 0 aliphatic heterocycles. The highest BCUT2D eigenvalue weighted by molar-refractivity contribution is 5.28. The van der Waals surface area contributed by atoms with Crippen LogP contribution in [0.1, 0.15) is 56.5 Å². The van der Waals surface area contributed by atoms with Crippen LogP contribution in [0.15, 0.2) is 12.1 Å². The highest BCUT2D eigenvalue weighted by Gasteiger charge is 2.11. The summed E-state index contributed by atoms with van der Waals surface area (Å²) in [5.41, 5.74) is 9.11. The van der Waals surface area contributed by atoms with Gasteiger partial charge in [-0.3, -0.25) is 4.98 Å². The summed E-state index contributed by atoms with van der Waals surface area (Å²) in [4.78, 5) is 4.59. The smallest absolute Gasteiger partial charge is 0.0543 e. The third-order valence-corrected chi connectivity index (χ3v) is 2.39. The van der Waals surface area contributed by atoms with Gasteiger partial charge in [0.2, 0.25) is 0 Å². The van der Waals surface area contributed by atoms with Gasteiger partial charge in [0.05, 0.1) is 5.69 Å². The molecule has 0 aliphatic carbocycles. The van der Waals surface area contributed by atoms with Gasteiger partial charge in [-0.05, 0) is 23.5 Å². The molecular weight excluding hydrogens is 172 g/mol. The molecule has 2 nitrogen and oxygen atoms in total. The van der Waals surface area contributed by atoms with Gasteiger partial charge in [-0.1, -0.05) is 33.8 Å². The molecule has 0 radical (unpaired) electrons. The van der Waals surface area contributed by atoms with E-state index in [-0.39, 0.29) is 0 Å². The molecule has 2 N–H and O–H groups in total. The van der Waals surface area contributed by atoms with Crippen LogP contribution < -0.4 is 5.73 Å². The fourth-order valence-corrected chi connectivity index (χ4v) is 1.59. The van der Waals surface area contributed by atoms with Gasteiger partial charge in [0.1, 0.15) is 0 Å². The topological polar surface area (TPSA) is 38.9 Å². The molecule has 1 rings (SSSR count). The third-order valence-electron chi connectivity index (χ3n) is 2.39. The van der Waals surface area contributed by atoms with Crippen molar-refractivity contribution in [3.63, 3.8) is 0 Å². The standard InChI is InChI=1S/C12H20N2/c1-8(2)11-6-5-10(7-13)14-12(11)9(3)4/h5-6,8-9H,7,13H2,1-4H3. The Morgan fingerprint density at radius 1 is 1.14 bits per heavy atom. The molecule has 0 amide bonds. The summed E-state index contributed by atoms with van der Waals surface area (Å²) < 4.78 is 0. The number of hydrogen-bond donors (Lipinski definition) is 1. The Morgan fingerprint density at radius 3 is 2.21 bits per heavy atom. The zero-order chi connectivity index (χ0) is 10.7. The monoisotopic (exact) mass is 192 g/mol. The number of aromatic nitrogens is 1. The second-order valence-electron chi connectivity index (χ2n) is 4.29. The van der Waals surface area contributed by atoms with Gasteiger partial charge in [0.25, 0.3) is 0 Å². The fourth-order valence-electron chi connectivity index (χ4n) is 1.59. The molecule has 14 heavy (non-hydrogen) atoms. The van der Waals surface area contributed by atoms with E-state index < -0.39 is 0 Å². The molecule has 1 aromatic rings. The van der Waals surface area contributed by atoms with E-state index in [1.54, 1.807) is 0 Å². The van der Waals surface area contributed by atoms with Crippen molar-refractivity contribution in [2.45, 2.75) is 46.1 Å². The summed E-state index contributed by atoms with van der Waals surface area (Å²) >= 11 is 0. The van der Waals surface area contributed by atoms with Crippen molar-refractivity contribution in [2.24, 2.45) is 5.73 Å².